The molecule has 1 rings (SSSR count). The molecule has 94 valence electrons. The van der Waals surface area contributed by atoms with Gasteiger partial charge in [0, 0.05) is 12.5 Å². The topological polar surface area (TPSA) is 78.4 Å². The van der Waals surface area contributed by atoms with Crippen LogP contribution in [0.15, 0.2) is 0 Å². The van der Waals surface area contributed by atoms with Crippen LogP contribution in [0.1, 0.15) is 33.1 Å². The molecule has 0 radical (unpaired) electrons. The van der Waals surface area contributed by atoms with E-state index in [9.17, 15) is 9.59 Å². The maximum absolute atomic E-state index is 11.6. The Morgan fingerprint density at radius 1 is 1.59 bits per heavy atom. The van der Waals surface area contributed by atoms with Crippen LogP contribution in [0, 0.1) is 18.3 Å². The van der Waals surface area contributed by atoms with Crippen LogP contribution in [0.4, 0.5) is 4.79 Å². The normalized spacial score (nSPS) is 19.6. The number of carboxylic acids is 1. The number of urea groups is 1. The standard InChI is InChI=1S/C12H18N2O3/c1-4-5-8(2)13-11(17)14-12(3,10(15)16)9-6-7-9/h1,8-9H,5-7H2,2-3H3,(H,15,16)(H2,13,14,17). The lowest BCUT2D eigenvalue weighted by atomic mass is 9.96. The summed E-state index contributed by atoms with van der Waals surface area (Å²) in [4.78, 5) is 22.8. The van der Waals surface area contributed by atoms with Gasteiger partial charge in [-0.3, -0.25) is 0 Å². The van der Waals surface area contributed by atoms with Crippen LogP contribution in [0.2, 0.25) is 0 Å². The summed E-state index contributed by atoms with van der Waals surface area (Å²) in [6.07, 6.45) is 7.21. The zero-order valence-corrected chi connectivity index (χ0v) is 10.1. The molecule has 0 heterocycles. The fourth-order valence-corrected chi connectivity index (χ4v) is 1.71. The maximum Gasteiger partial charge on any atom is 0.329 e. The first kappa shape index (κ1) is 13.4. The first-order valence-electron chi connectivity index (χ1n) is 5.65. The van der Waals surface area contributed by atoms with Gasteiger partial charge < -0.3 is 15.7 Å². The minimum Gasteiger partial charge on any atom is -0.480 e. The third-order valence-electron chi connectivity index (χ3n) is 3.01. The zero-order chi connectivity index (χ0) is 13.1. The van der Waals surface area contributed by atoms with Gasteiger partial charge in [0.1, 0.15) is 5.54 Å². The van der Waals surface area contributed by atoms with E-state index >= 15 is 0 Å². The summed E-state index contributed by atoms with van der Waals surface area (Å²) in [6.45, 7) is 3.31. The number of amides is 2. The molecule has 0 aromatic carbocycles. The molecule has 1 aliphatic rings. The second-order valence-corrected chi connectivity index (χ2v) is 4.69. The SMILES string of the molecule is C#CCC(C)NC(=O)NC(C)(C(=O)O)C1CC1. The Morgan fingerprint density at radius 3 is 2.59 bits per heavy atom. The van der Waals surface area contributed by atoms with Gasteiger partial charge >= 0.3 is 12.0 Å². The van der Waals surface area contributed by atoms with E-state index in [-0.39, 0.29) is 12.0 Å². The molecule has 0 bridgehead atoms. The number of aliphatic carboxylic acids is 1. The summed E-state index contributed by atoms with van der Waals surface area (Å²) in [6, 6.07) is -0.651. The Bertz CT molecular complexity index is 357. The number of terminal acetylenes is 1. The quantitative estimate of drug-likeness (QED) is 0.624. The van der Waals surface area contributed by atoms with Gasteiger partial charge in [0.25, 0.3) is 0 Å². The van der Waals surface area contributed by atoms with Crippen molar-refractivity contribution in [3.05, 3.63) is 0 Å². The van der Waals surface area contributed by atoms with Crippen LogP contribution in [0.3, 0.4) is 0 Å². The molecule has 2 amide bonds. The first-order chi connectivity index (χ1) is 7.90. The highest BCUT2D eigenvalue weighted by Gasteiger charge is 2.48. The summed E-state index contributed by atoms with van der Waals surface area (Å²) >= 11 is 0. The monoisotopic (exact) mass is 238 g/mol. The largest absolute Gasteiger partial charge is 0.480 e. The summed E-state index contributed by atoms with van der Waals surface area (Å²) < 4.78 is 0. The summed E-state index contributed by atoms with van der Waals surface area (Å²) in [5.74, 6) is 1.46. The number of hydrogen-bond donors (Lipinski definition) is 3. The Kier molecular flexibility index (Phi) is 4.00. The van der Waals surface area contributed by atoms with Crippen molar-refractivity contribution >= 4 is 12.0 Å². The van der Waals surface area contributed by atoms with Gasteiger partial charge in [0.05, 0.1) is 0 Å². The maximum atomic E-state index is 11.6. The average molecular weight is 238 g/mol. The minimum absolute atomic E-state index is 0.0219. The lowest BCUT2D eigenvalue weighted by molar-refractivity contribution is -0.144. The number of carboxylic acid groups (broad SMARTS) is 1. The predicted molar refractivity (Wildman–Crippen MR) is 63.3 cm³/mol. The van der Waals surface area contributed by atoms with Crippen molar-refractivity contribution < 1.29 is 14.7 Å². The number of nitrogens with one attached hydrogen (secondary N) is 2. The highest BCUT2D eigenvalue weighted by Crippen LogP contribution is 2.39. The van der Waals surface area contributed by atoms with E-state index in [0.29, 0.717) is 6.42 Å². The fourth-order valence-electron chi connectivity index (χ4n) is 1.71. The Morgan fingerprint density at radius 2 is 2.18 bits per heavy atom. The molecule has 1 aliphatic carbocycles. The zero-order valence-electron chi connectivity index (χ0n) is 10.1. The highest BCUT2D eigenvalue weighted by molar-refractivity contribution is 5.86. The van der Waals surface area contributed by atoms with Gasteiger partial charge in [-0.1, -0.05) is 0 Å². The second kappa shape index (κ2) is 5.09. The van der Waals surface area contributed by atoms with Gasteiger partial charge in [0.2, 0.25) is 0 Å². The molecule has 17 heavy (non-hydrogen) atoms. The van der Waals surface area contributed by atoms with Crippen LogP contribution < -0.4 is 10.6 Å². The van der Waals surface area contributed by atoms with Crippen molar-refractivity contribution in [2.45, 2.75) is 44.7 Å². The molecule has 0 aromatic rings. The third-order valence-corrected chi connectivity index (χ3v) is 3.01. The third kappa shape index (κ3) is 3.38. The number of hydrogen-bond acceptors (Lipinski definition) is 2. The van der Waals surface area contributed by atoms with E-state index in [0.717, 1.165) is 12.8 Å². The number of carbonyl (C=O) groups is 2. The van der Waals surface area contributed by atoms with Gasteiger partial charge in [-0.05, 0) is 32.6 Å². The van der Waals surface area contributed by atoms with Crippen molar-refractivity contribution in [2.75, 3.05) is 0 Å². The second-order valence-electron chi connectivity index (χ2n) is 4.69. The van der Waals surface area contributed by atoms with Crippen molar-refractivity contribution in [3.63, 3.8) is 0 Å². The van der Waals surface area contributed by atoms with E-state index in [4.69, 9.17) is 11.5 Å². The molecule has 0 aromatic heterocycles. The molecular weight excluding hydrogens is 220 g/mol. The molecule has 2 unspecified atom stereocenters. The lowest BCUT2D eigenvalue weighted by Gasteiger charge is -2.27. The molecule has 0 saturated heterocycles. The van der Waals surface area contributed by atoms with Gasteiger partial charge in [-0.25, -0.2) is 9.59 Å². The minimum atomic E-state index is -1.18. The Hall–Kier alpha value is -1.70. The van der Waals surface area contributed by atoms with Crippen molar-refractivity contribution in [1.82, 2.24) is 10.6 Å². The number of rotatable bonds is 5. The lowest BCUT2D eigenvalue weighted by Crippen LogP contribution is -2.57. The summed E-state index contributed by atoms with van der Waals surface area (Å²) in [5.41, 5.74) is -1.18. The van der Waals surface area contributed by atoms with Crippen molar-refractivity contribution in [3.8, 4) is 12.3 Å². The van der Waals surface area contributed by atoms with E-state index in [1.54, 1.807) is 13.8 Å². The van der Waals surface area contributed by atoms with Crippen LogP contribution in [-0.4, -0.2) is 28.7 Å². The van der Waals surface area contributed by atoms with Crippen LogP contribution in [0.5, 0.6) is 0 Å². The predicted octanol–water partition coefficient (Wildman–Crippen LogP) is 0.951. The van der Waals surface area contributed by atoms with E-state index in [2.05, 4.69) is 16.6 Å². The molecule has 2 atom stereocenters. The smallest absolute Gasteiger partial charge is 0.329 e. The van der Waals surface area contributed by atoms with Crippen molar-refractivity contribution in [1.29, 1.82) is 0 Å². The summed E-state index contributed by atoms with van der Waals surface area (Å²) in [5, 5.41) is 14.3. The van der Waals surface area contributed by atoms with E-state index < -0.39 is 17.5 Å². The Balaban J connectivity index is 2.54. The molecule has 0 spiro atoms. The first-order valence-corrected chi connectivity index (χ1v) is 5.65. The van der Waals surface area contributed by atoms with Gasteiger partial charge in [0.15, 0.2) is 0 Å². The molecular formula is C12H18N2O3. The molecule has 3 N–H and O–H groups in total. The van der Waals surface area contributed by atoms with E-state index in [1.807, 2.05) is 0 Å². The number of carbonyl (C=O) groups excluding carboxylic acids is 1. The van der Waals surface area contributed by atoms with Crippen LogP contribution in [0.25, 0.3) is 0 Å². The molecule has 5 heteroatoms. The highest BCUT2D eigenvalue weighted by atomic mass is 16.4. The van der Waals surface area contributed by atoms with E-state index in [1.165, 1.54) is 0 Å². The summed E-state index contributed by atoms with van der Waals surface area (Å²) in [7, 11) is 0. The fraction of sp³-hybridized carbons (Fsp3) is 0.667. The molecule has 0 aliphatic heterocycles. The molecule has 1 saturated carbocycles. The van der Waals surface area contributed by atoms with Crippen LogP contribution in [-0.2, 0) is 4.79 Å². The van der Waals surface area contributed by atoms with Crippen molar-refractivity contribution in [2.24, 2.45) is 5.92 Å². The Labute approximate surface area is 101 Å². The van der Waals surface area contributed by atoms with Gasteiger partial charge in [-0.2, -0.15) is 0 Å². The van der Waals surface area contributed by atoms with Gasteiger partial charge in [-0.15, -0.1) is 12.3 Å². The molecule has 1 fully saturated rings. The average Bonchev–Trinajstić information content (AvgIpc) is 2.99. The van der Waals surface area contributed by atoms with Crippen LogP contribution >= 0.6 is 0 Å². The molecule has 5 nitrogen and oxygen atoms in total.